The second-order valence-corrected chi connectivity index (χ2v) is 11.2. The first-order valence-corrected chi connectivity index (χ1v) is 12.5. The molecule has 0 radical (unpaired) electrons. The summed E-state index contributed by atoms with van der Waals surface area (Å²) in [5.41, 5.74) is 4.05. The molecule has 0 bridgehead atoms. The molecule has 0 fully saturated rings. The number of carboxylic acid groups (broad SMARTS) is 1. The molecular weight excluding hydrogens is 468 g/mol. The summed E-state index contributed by atoms with van der Waals surface area (Å²) < 4.78 is 12.1. The lowest BCUT2D eigenvalue weighted by molar-refractivity contribution is -0.160. The van der Waals surface area contributed by atoms with Crippen LogP contribution >= 0.6 is 0 Å². The molecule has 0 saturated carbocycles. The van der Waals surface area contributed by atoms with Gasteiger partial charge in [-0.1, -0.05) is 6.07 Å². The molecule has 1 aliphatic rings. The molecule has 3 heterocycles. The van der Waals surface area contributed by atoms with Gasteiger partial charge in [-0.15, -0.1) is 0 Å². The highest BCUT2D eigenvalue weighted by atomic mass is 16.5. The number of aliphatic hydroxyl groups is 1. The van der Waals surface area contributed by atoms with Gasteiger partial charge in [0.05, 0.1) is 28.9 Å². The highest BCUT2D eigenvalue weighted by molar-refractivity contribution is 6.08. The fourth-order valence-corrected chi connectivity index (χ4v) is 5.08. The van der Waals surface area contributed by atoms with E-state index in [0.29, 0.717) is 28.9 Å². The molecule has 5 rings (SSSR count). The molecule has 1 atom stereocenters. The van der Waals surface area contributed by atoms with Crippen molar-refractivity contribution in [2.75, 3.05) is 6.61 Å². The van der Waals surface area contributed by atoms with Gasteiger partial charge in [-0.2, -0.15) is 0 Å². The molecule has 37 heavy (non-hydrogen) atoms. The first-order chi connectivity index (χ1) is 17.3. The fraction of sp³-hybridized carbons (Fsp3) is 0.367. The minimum Gasteiger partial charge on any atom is -0.493 e. The highest BCUT2D eigenvalue weighted by Crippen LogP contribution is 2.45. The van der Waals surface area contributed by atoms with Crippen LogP contribution < -0.4 is 4.74 Å². The number of aliphatic carboxylic acids is 1. The normalized spacial score (nSPS) is 14.6. The Kier molecular flexibility index (Phi) is 5.96. The number of pyridine rings is 2. The van der Waals surface area contributed by atoms with E-state index >= 15 is 0 Å². The van der Waals surface area contributed by atoms with Gasteiger partial charge in [0.15, 0.2) is 6.10 Å². The van der Waals surface area contributed by atoms with Gasteiger partial charge in [0.2, 0.25) is 0 Å². The molecule has 1 aliphatic heterocycles. The molecule has 0 spiro atoms. The number of carboxylic acids is 1. The van der Waals surface area contributed by atoms with E-state index in [-0.39, 0.29) is 0 Å². The number of carbonyl (C=O) groups is 1. The largest absolute Gasteiger partial charge is 0.493 e. The molecule has 7 nitrogen and oxygen atoms in total. The van der Waals surface area contributed by atoms with E-state index in [1.165, 1.54) is 0 Å². The van der Waals surface area contributed by atoms with Crippen molar-refractivity contribution in [3.8, 4) is 16.9 Å². The topological polar surface area (TPSA) is 102 Å². The van der Waals surface area contributed by atoms with Gasteiger partial charge in [0.1, 0.15) is 11.4 Å². The Hall–Kier alpha value is -3.55. The first-order valence-electron chi connectivity index (χ1n) is 12.5. The summed E-state index contributed by atoms with van der Waals surface area (Å²) in [6, 6.07) is 11.4. The predicted molar refractivity (Wildman–Crippen MR) is 143 cm³/mol. The van der Waals surface area contributed by atoms with Crippen LogP contribution in [-0.2, 0) is 21.6 Å². The van der Waals surface area contributed by atoms with Crippen LogP contribution in [0.4, 0.5) is 0 Å². The summed E-state index contributed by atoms with van der Waals surface area (Å²) in [7, 11) is 0. The third kappa shape index (κ3) is 4.54. The number of rotatable bonds is 5. The van der Waals surface area contributed by atoms with Gasteiger partial charge in [-0.3, -0.25) is 4.98 Å². The smallest absolute Gasteiger partial charge is 0.337 e. The summed E-state index contributed by atoms with van der Waals surface area (Å²) in [4.78, 5) is 22.2. The summed E-state index contributed by atoms with van der Waals surface area (Å²) >= 11 is 0. The summed E-state index contributed by atoms with van der Waals surface area (Å²) in [5.74, 6) is -0.298. The predicted octanol–water partition coefficient (Wildman–Crippen LogP) is 5.86. The lowest BCUT2D eigenvalue weighted by Crippen LogP contribution is -2.28. The zero-order chi connectivity index (χ0) is 26.7. The van der Waals surface area contributed by atoms with E-state index in [1.54, 1.807) is 26.1 Å². The van der Waals surface area contributed by atoms with Gasteiger partial charge < -0.3 is 19.7 Å². The Balaban J connectivity index is 1.91. The number of benzene rings is 2. The number of hydrogen-bond acceptors (Lipinski definition) is 6. The maximum atomic E-state index is 12.7. The Morgan fingerprint density at radius 2 is 1.86 bits per heavy atom. The van der Waals surface area contributed by atoms with Crippen molar-refractivity contribution < 1.29 is 24.5 Å². The Bertz CT molecular complexity index is 1540. The fourth-order valence-electron chi connectivity index (χ4n) is 5.08. The highest BCUT2D eigenvalue weighted by Gasteiger charge is 2.33. The van der Waals surface area contributed by atoms with Crippen molar-refractivity contribution in [2.24, 2.45) is 0 Å². The zero-order valence-electron chi connectivity index (χ0n) is 22.0. The van der Waals surface area contributed by atoms with Crippen LogP contribution in [0.5, 0.6) is 5.75 Å². The zero-order valence-corrected chi connectivity index (χ0v) is 22.0. The van der Waals surface area contributed by atoms with Crippen molar-refractivity contribution in [1.29, 1.82) is 0 Å². The van der Waals surface area contributed by atoms with Crippen LogP contribution in [0.15, 0.2) is 42.6 Å². The minimum absolute atomic E-state index is 0.530. The van der Waals surface area contributed by atoms with Crippen molar-refractivity contribution >= 4 is 27.8 Å². The molecular formula is C30H32N2O5. The average molecular weight is 501 g/mol. The van der Waals surface area contributed by atoms with Crippen molar-refractivity contribution in [2.45, 2.75) is 65.3 Å². The number of ether oxygens (including phenoxy) is 2. The lowest BCUT2D eigenvalue weighted by Gasteiger charge is -2.29. The van der Waals surface area contributed by atoms with E-state index < -0.39 is 23.3 Å². The van der Waals surface area contributed by atoms with Gasteiger partial charge in [0.25, 0.3) is 0 Å². The molecule has 2 N–H and O–H groups in total. The Morgan fingerprint density at radius 1 is 1.11 bits per heavy atom. The molecule has 192 valence electrons. The molecule has 2 aromatic heterocycles. The van der Waals surface area contributed by atoms with Crippen LogP contribution in [0.1, 0.15) is 63.1 Å². The van der Waals surface area contributed by atoms with Gasteiger partial charge in [-0.25, -0.2) is 9.78 Å². The second-order valence-electron chi connectivity index (χ2n) is 11.2. The number of hydrogen-bond donors (Lipinski definition) is 2. The number of fused-ring (bicyclic) bond motifs is 1. The maximum absolute atomic E-state index is 12.7. The number of aromatic nitrogens is 2. The van der Waals surface area contributed by atoms with Crippen LogP contribution in [0.2, 0.25) is 0 Å². The van der Waals surface area contributed by atoms with Crippen LogP contribution in [0, 0.1) is 6.92 Å². The van der Waals surface area contributed by atoms with E-state index in [4.69, 9.17) is 19.4 Å². The van der Waals surface area contributed by atoms with Crippen LogP contribution in [0.3, 0.4) is 0 Å². The third-order valence-corrected chi connectivity index (χ3v) is 6.66. The van der Waals surface area contributed by atoms with Gasteiger partial charge in [-0.05, 0) is 88.6 Å². The molecule has 4 aromatic rings. The number of nitrogens with zero attached hydrogens (tertiary/aromatic N) is 2. The van der Waals surface area contributed by atoms with Crippen LogP contribution in [-0.4, -0.2) is 38.4 Å². The molecule has 0 aliphatic carbocycles. The van der Waals surface area contributed by atoms with Crippen LogP contribution in [0.25, 0.3) is 32.9 Å². The molecule has 0 saturated heterocycles. The summed E-state index contributed by atoms with van der Waals surface area (Å²) in [5, 5.41) is 22.6. The molecule has 1 unspecified atom stereocenters. The quantitative estimate of drug-likeness (QED) is 0.354. The SMILES string of the molecule is Cc1cc2nc(C(C)(C)O)ccc2c(-c2ccc3c4c(ccnc24)CCO3)c1C(OC(C)(C)C)C(=O)O. The first kappa shape index (κ1) is 25.1. The lowest BCUT2D eigenvalue weighted by atomic mass is 9.86. The Labute approximate surface area is 216 Å². The second kappa shape index (κ2) is 8.78. The monoisotopic (exact) mass is 500 g/mol. The molecule has 0 amide bonds. The average Bonchev–Trinajstić information content (AvgIpc) is 2.81. The van der Waals surface area contributed by atoms with E-state index in [0.717, 1.165) is 45.1 Å². The van der Waals surface area contributed by atoms with Gasteiger partial charge >= 0.3 is 5.97 Å². The van der Waals surface area contributed by atoms with E-state index in [1.807, 2.05) is 58.0 Å². The standard InChI is InChI=1S/C30H32N2O5/c1-16-15-20-18(8-10-22(32-20)30(5,6)35)25(23(16)27(28(33)34)37-29(2,3)4)19-7-9-21-24-17(12-14-36-21)11-13-31-26(19)24/h7-11,13,15,27,35H,12,14H2,1-6H3,(H,33,34). The number of aryl methyl sites for hydroxylation is 1. The van der Waals surface area contributed by atoms with Crippen molar-refractivity contribution in [1.82, 2.24) is 9.97 Å². The maximum Gasteiger partial charge on any atom is 0.337 e. The minimum atomic E-state index is -1.21. The van der Waals surface area contributed by atoms with E-state index in [9.17, 15) is 15.0 Å². The van der Waals surface area contributed by atoms with Crippen molar-refractivity contribution in [3.63, 3.8) is 0 Å². The van der Waals surface area contributed by atoms with Gasteiger partial charge in [0, 0.05) is 34.5 Å². The Morgan fingerprint density at radius 3 is 2.54 bits per heavy atom. The van der Waals surface area contributed by atoms with E-state index in [2.05, 4.69) is 0 Å². The van der Waals surface area contributed by atoms with Crippen molar-refractivity contribution in [3.05, 3.63) is 65.0 Å². The molecule has 2 aromatic carbocycles. The third-order valence-electron chi connectivity index (χ3n) is 6.66. The molecule has 7 heteroatoms. The summed E-state index contributed by atoms with van der Waals surface area (Å²) in [6.45, 7) is 11.4. The summed E-state index contributed by atoms with van der Waals surface area (Å²) in [6.07, 6.45) is 1.35.